The van der Waals surface area contributed by atoms with Gasteiger partial charge >= 0.3 is 5.63 Å². The maximum atomic E-state index is 11.9. The van der Waals surface area contributed by atoms with Gasteiger partial charge in [0, 0.05) is 23.2 Å². The first-order valence-electron chi connectivity index (χ1n) is 6.49. The highest BCUT2D eigenvalue weighted by molar-refractivity contribution is 5.96. The molecule has 1 amide bonds. The number of nitrogens with one attached hydrogen (secondary N) is 1. The van der Waals surface area contributed by atoms with Crippen molar-refractivity contribution in [1.29, 1.82) is 0 Å². The molecule has 0 aliphatic heterocycles. The lowest BCUT2D eigenvalue weighted by Gasteiger charge is -2.15. The molecular formula is C15H18N2O3. The lowest BCUT2D eigenvalue weighted by Crippen LogP contribution is -2.39. The van der Waals surface area contributed by atoms with Crippen LogP contribution in [-0.2, 0) is 4.79 Å². The van der Waals surface area contributed by atoms with Crippen LogP contribution in [-0.4, -0.2) is 11.9 Å². The van der Waals surface area contributed by atoms with Crippen molar-refractivity contribution in [2.45, 2.75) is 26.8 Å². The average Bonchev–Trinajstić information content (AvgIpc) is 2.36. The molecule has 1 atom stereocenters. The summed E-state index contributed by atoms with van der Waals surface area (Å²) >= 11 is 0. The third kappa shape index (κ3) is 2.88. The third-order valence-electron chi connectivity index (χ3n) is 3.24. The van der Waals surface area contributed by atoms with Crippen molar-refractivity contribution in [3.8, 4) is 0 Å². The number of carbonyl (C=O) groups excluding carboxylic acids is 1. The van der Waals surface area contributed by atoms with Gasteiger partial charge in [-0.25, -0.2) is 4.79 Å². The molecule has 5 heteroatoms. The number of nitrogens with two attached hydrogens (primary N) is 1. The van der Waals surface area contributed by atoms with Crippen LogP contribution < -0.4 is 16.7 Å². The Balaban J connectivity index is 2.33. The van der Waals surface area contributed by atoms with Gasteiger partial charge < -0.3 is 15.5 Å². The van der Waals surface area contributed by atoms with E-state index in [1.807, 2.05) is 26.8 Å². The molecule has 0 radical (unpaired) electrons. The zero-order chi connectivity index (χ0) is 14.9. The Morgan fingerprint density at radius 1 is 1.30 bits per heavy atom. The number of carbonyl (C=O) groups is 1. The summed E-state index contributed by atoms with van der Waals surface area (Å²) < 4.78 is 5.13. The standard InChI is InChI=1S/C15H18N2O3/c1-8(2)14(16)15(19)17-10-4-5-11-9(3)6-13(18)20-12(11)7-10/h4-8,14H,16H2,1-3H3,(H,17,19). The van der Waals surface area contributed by atoms with E-state index in [0.717, 1.165) is 10.9 Å². The van der Waals surface area contributed by atoms with Gasteiger partial charge in [-0.3, -0.25) is 4.79 Å². The van der Waals surface area contributed by atoms with E-state index in [4.69, 9.17) is 10.2 Å². The molecule has 1 heterocycles. The van der Waals surface area contributed by atoms with Gasteiger partial charge in [0.05, 0.1) is 6.04 Å². The molecule has 2 aromatic rings. The van der Waals surface area contributed by atoms with Gasteiger partial charge in [-0.05, 0) is 30.5 Å². The van der Waals surface area contributed by atoms with E-state index in [1.165, 1.54) is 6.07 Å². The summed E-state index contributed by atoms with van der Waals surface area (Å²) in [5.41, 5.74) is 7.23. The van der Waals surface area contributed by atoms with Gasteiger partial charge in [-0.1, -0.05) is 13.8 Å². The van der Waals surface area contributed by atoms with Crippen molar-refractivity contribution >= 4 is 22.6 Å². The number of aryl methyl sites for hydroxylation is 1. The van der Waals surface area contributed by atoms with Crippen LogP contribution in [0.15, 0.2) is 33.5 Å². The number of hydrogen-bond acceptors (Lipinski definition) is 4. The number of fused-ring (bicyclic) bond motifs is 1. The molecule has 20 heavy (non-hydrogen) atoms. The Bertz CT molecular complexity index is 704. The molecule has 5 nitrogen and oxygen atoms in total. The smallest absolute Gasteiger partial charge is 0.336 e. The minimum atomic E-state index is -0.574. The van der Waals surface area contributed by atoms with Crippen LogP contribution in [0, 0.1) is 12.8 Å². The van der Waals surface area contributed by atoms with Crippen molar-refractivity contribution in [3.05, 3.63) is 40.2 Å². The number of amides is 1. The molecule has 106 valence electrons. The fraction of sp³-hybridized carbons (Fsp3) is 0.333. The molecule has 1 aromatic carbocycles. The normalized spacial score (nSPS) is 12.7. The van der Waals surface area contributed by atoms with Crippen LogP contribution in [0.25, 0.3) is 11.0 Å². The second kappa shape index (κ2) is 5.46. The molecule has 0 saturated carbocycles. The van der Waals surface area contributed by atoms with Gasteiger partial charge in [-0.15, -0.1) is 0 Å². The minimum absolute atomic E-state index is 0.0515. The topological polar surface area (TPSA) is 85.3 Å². The van der Waals surface area contributed by atoms with E-state index >= 15 is 0 Å². The molecule has 0 bridgehead atoms. The Labute approximate surface area is 116 Å². The Morgan fingerprint density at radius 3 is 2.65 bits per heavy atom. The molecule has 3 N–H and O–H groups in total. The van der Waals surface area contributed by atoms with Gasteiger partial charge in [0.2, 0.25) is 5.91 Å². The summed E-state index contributed by atoms with van der Waals surface area (Å²) in [7, 11) is 0. The quantitative estimate of drug-likeness (QED) is 0.838. The summed E-state index contributed by atoms with van der Waals surface area (Å²) in [5.74, 6) is -0.204. The SMILES string of the molecule is Cc1cc(=O)oc2cc(NC(=O)C(N)C(C)C)ccc12. The molecule has 1 unspecified atom stereocenters. The van der Waals surface area contributed by atoms with Crippen molar-refractivity contribution in [2.75, 3.05) is 5.32 Å². The van der Waals surface area contributed by atoms with E-state index in [0.29, 0.717) is 11.3 Å². The fourth-order valence-corrected chi connectivity index (χ4v) is 1.93. The van der Waals surface area contributed by atoms with Gasteiger partial charge in [0.25, 0.3) is 0 Å². The predicted molar refractivity (Wildman–Crippen MR) is 78.7 cm³/mol. The minimum Gasteiger partial charge on any atom is -0.423 e. The van der Waals surface area contributed by atoms with Crippen LogP contribution in [0.1, 0.15) is 19.4 Å². The van der Waals surface area contributed by atoms with Gasteiger partial charge in [0.15, 0.2) is 0 Å². The first-order valence-corrected chi connectivity index (χ1v) is 6.49. The van der Waals surface area contributed by atoms with Gasteiger partial charge in [-0.2, -0.15) is 0 Å². The molecule has 0 spiro atoms. The molecule has 0 aliphatic carbocycles. The summed E-state index contributed by atoms with van der Waals surface area (Å²) in [6.07, 6.45) is 0. The van der Waals surface area contributed by atoms with Crippen LogP contribution in [0.3, 0.4) is 0 Å². The van der Waals surface area contributed by atoms with E-state index < -0.39 is 11.7 Å². The lowest BCUT2D eigenvalue weighted by molar-refractivity contribution is -0.118. The highest BCUT2D eigenvalue weighted by atomic mass is 16.4. The van der Waals surface area contributed by atoms with Crippen LogP contribution >= 0.6 is 0 Å². The monoisotopic (exact) mass is 274 g/mol. The number of rotatable bonds is 3. The van der Waals surface area contributed by atoms with Crippen LogP contribution in [0.5, 0.6) is 0 Å². The second-order valence-corrected chi connectivity index (χ2v) is 5.22. The zero-order valence-corrected chi connectivity index (χ0v) is 11.8. The number of anilines is 1. The van der Waals surface area contributed by atoms with E-state index in [2.05, 4.69) is 5.32 Å². The Hall–Kier alpha value is -2.14. The van der Waals surface area contributed by atoms with Crippen LogP contribution in [0.4, 0.5) is 5.69 Å². The Kier molecular flexibility index (Phi) is 3.90. The third-order valence-corrected chi connectivity index (χ3v) is 3.24. The van der Waals surface area contributed by atoms with Crippen molar-refractivity contribution in [1.82, 2.24) is 0 Å². The fourth-order valence-electron chi connectivity index (χ4n) is 1.93. The molecule has 0 saturated heterocycles. The van der Waals surface area contributed by atoms with E-state index in [-0.39, 0.29) is 11.8 Å². The highest BCUT2D eigenvalue weighted by Crippen LogP contribution is 2.21. The highest BCUT2D eigenvalue weighted by Gasteiger charge is 2.17. The summed E-state index contributed by atoms with van der Waals surface area (Å²) in [6, 6.07) is 6.07. The number of benzene rings is 1. The maximum Gasteiger partial charge on any atom is 0.336 e. The largest absolute Gasteiger partial charge is 0.423 e. The maximum absolute atomic E-state index is 11.9. The summed E-state index contributed by atoms with van der Waals surface area (Å²) in [4.78, 5) is 23.3. The molecule has 0 aliphatic rings. The molecule has 1 aromatic heterocycles. The lowest BCUT2D eigenvalue weighted by atomic mass is 10.0. The van der Waals surface area contributed by atoms with Crippen molar-refractivity contribution in [2.24, 2.45) is 11.7 Å². The first-order chi connectivity index (χ1) is 9.38. The van der Waals surface area contributed by atoms with Crippen molar-refractivity contribution < 1.29 is 9.21 Å². The summed E-state index contributed by atoms with van der Waals surface area (Å²) in [6.45, 7) is 5.60. The molecular weight excluding hydrogens is 256 g/mol. The van der Waals surface area contributed by atoms with E-state index in [9.17, 15) is 9.59 Å². The number of hydrogen-bond donors (Lipinski definition) is 2. The average molecular weight is 274 g/mol. The van der Waals surface area contributed by atoms with E-state index in [1.54, 1.807) is 12.1 Å². The van der Waals surface area contributed by atoms with Crippen molar-refractivity contribution in [3.63, 3.8) is 0 Å². The van der Waals surface area contributed by atoms with Crippen LogP contribution in [0.2, 0.25) is 0 Å². The van der Waals surface area contributed by atoms with Gasteiger partial charge in [0.1, 0.15) is 5.58 Å². The summed E-state index contributed by atoms with van der Waals surface area (Å²) in [5, 5.41) is 3.57. The zero-order valence-electron chi connectivity index (χ0n) is 11.8. The molecule has 2 rings (SSSR count). The molecule has 0 fully saturated rings. The predicted octanol–water partition coefficient (Wildman–Crippen LogP) is 2.02. The first kappa shape index (κ1) is 14.3. The Morgan fingerprint density at radius 2 is 2.00 bits per heavy atom. The second-order valence-electron chi connectivity index (χ2n) is 5.22.